The molecule has 13 heteroatoms. The summed E-state index contributed by atoms with van der Waals surface area (Å²) in [6.45, 7) is 0.0665. The van der Waals surface area contributed by atoms with Gasteiger partial charge in [0.1, 0.15) is 22.1 Å². The van der Waals surface area contributed by atoms with Crippen LogP contribution in [0.1, 0.15) is 22.3 Å². The van der Waals surface area contributed by atoms with Crippen molar-refractivity contribution in [2.75, 3.05) is 18.5 Å². The summed E-state index contributed by atoms with van der Waals surface area (Å²) in [7, 11) is -4.77. The number of carbonyl (C=O) groups is 1. The molecule has 174 valence electrons. The van der Waals surface area contributed by atoms with Gasteiger partial charge in [0.05, 0.1) is 12.2 Å². The first-order chi connectivity index (χ1) is 14.8. The molecule has 32 heavy (non-hydrogen) atoms. The van der Waals surface area contributed by atoms with Crippen LogP contribution in [0.4, 0.5) is 32.0 Å². The van der Waals surface area contributed by atoms with E-state index < -0.39 is 72.4 Å². The molecule has 3 rings (SSSR count). The molecular formula is C19H15F6NO5S. The molecule has 1 aliphatic rings. The lowest BCUT2D eigenvalue weighted by Crippen LogP contribution is -2.31. The molecular weight excluding hydrogens is 468 g/mol. The number of aliphatic hydroxyl groups excluding tert-OH is 1. The first-order valence-electron chi connectivity index (χ1n) is 9.00. The van der Waals surface area contributed by atoms with Gasteiger partial charge in [-0.15, -0.1) is 0 Å². The minimum absolute atomic E-state index is 0.108. The summed E-state index contributed by atoms with van der Waals surface area (Å²) in [5.74, 6) is -7.46. The van der Waals surface area contributed by atoms with Gasteiger partial charge in [-0.3, -0.25) is 4.79 Å². The van der Waals surface area contributed by atoms with Gasteiger partial charge in [0.25, 0.3) is 5.91 Å². The molecule has 0 unspecified atom stereocenters. The summed E-state index contributed by atoms with van der Waals surface area (Å²) >= 11 is 0. The van der Waals surface area contributed by atoms with E-state index in [1.54, 1.807) is 5.32 Å². The highest BCUT2D eigenvalue weighted by atomic mass is 32.2. The van der Waals surface area contributed by atoms with Gasteiger partial charge in [0, 0.05) is 18.2 Å². The Balaban J connectivity index is 1.96. The molecule has 1 saturated heterocycles. The fraction of sp³-hybridized carbons (Fsp3) is 0.316. The van der Waals surface area contributed by atoms with Crippen molar-refractivity contribution in [1.29, 1.82) is 0 Å². The number of benzene rings is 2. The van der Waals surface area contributed by atoms with Crippen LogP contribution in [-0.2, 0) is 20.8 Å². The Morgan fingerprint density at radius 1 is 1.12 bits per heavy atom. The van der Waals surface area contributed by atoms with Crippen LogP contribution < -0.4 is 5.32 Å². The smallest absolute Gasteiger partial charge is 0.381 e. The predicted molar refractivity (Wildman–Crippen MR) is 97.8 cm³/mol. The maximum Gasteiger partial charge on any atom is 0.419 e. The van der Waals surface area contributed by atoms with E-state index in [0.717, 1.165) is 6.07 Å². The van der Waals surface area contributed by atoms with E-state index in [1.165, 1.54) is 0 Å². The standard InChI is InChI=1S/C19H15F6NO5S/c20-12-2-1-10(7-11(12)19(23,24)25)26-17(27)15-13(21)3-4-14(16(15)22)32(29,30)18(28)9-5-6-31-8-9/h1-4,7,9,18,28H,5-6,8H2,(H,26,27)/t9-,18-/m0/s1. The fourth-order valence-electron chi connectivity index (χ4n) is 3.14. The Labute approximate surface area is 177 Å². The van der Waals surface area contributed by atoms with Crippen LogP contribution in [0.2, 0.25) is 0 Å². The second kappa shape index (κ2) is 8.71. The van der Waals surface area contributed by atoms with E-state index in [-0.39, 0.29) is 25.7 Å². The van der Waals surface area contributed by atoms with Crippen LogP contribution in [0.3, 0.4) is 0 Å². The van der Waals surface area contributed by atoms with Gasteiger partial charge in [-0.05, 0) is 36.8 Å². The Bertz CT molecular complexity index is 1150. The molecule has 2 atom stereocenters. The number of hydrogen-bond acceptors (Lipinski definition) is 5. The topological polar surface area (TPSA) is 92.7 Å². The molecule has 2 aromatic carbocycles. The summed E-state index contributed by atoms with van der Waals surface area (Å²) in [6.07, 6.45) is -4.93. The van der Waals surface area contributed by atoms with E-state index in [2.05, 4.69) is 0 Å². The first kappa shape index (κ1) is 24.0. The van der Waals surface area contributed by atoms with Crippen LogP contribution in [0.25, 0.3) is 0 Å². The predicted octanol–water partition coefficient (Wildman–Crippen LogP) is 3.50. The minimum Gasteiger partial charge on any atom is -0.381 e. The molecule has 6 nitrogen and oxygen atoms in total. The third-order valence-electron chi connectivity index (χ3n) is 4.81. The highest BCUT2D eigenvalue weighted by molar-refractivity contribution is 7.91. The van der Waals surface area contributed by atoms with Crippen LogP contribution in [0, 0.1) is 23.4 Å². The SMILES string of the molecule is O=C(Nc1ccc(F)c(C(F)(F)F)c1)c1c(F)ccc(S(=O)(=O)[C@H](O)[C@H]2CCOC2)c1F. The number of aliphatic hydroxyl groups is 1. The number of hydrogen-bond donors (Lipinski definition) is 2. The summed E-state index contributed by atoms with van der Waals surface area (Å²) < 4.78 is 111. The van der Waals surface area contributed by atoms with Crippen LogP contribution >= 0.6 is 0 Å². The van der Waals surface area contributed by atoms with Crippen molar-refractivity contribution in [2.24, 2.45) is 5.92 Å². The molecule has 0 aliphatic carbocycles. The average molecular weight is 483 g/mol. The first-order valence-corrected chi connectivity index (χ1v) is 10.5. The molecule has 0 radical (unpaired) electrons. The Kier molecular flexibility index (Phi) is 6.54. The van der Waals surface area contributed by atoms with Crippen LogP contribution in [-0.4, -0.2) is 38.1 Å². The summed E-state index contributed by atoms with van der Waals surface area (Å²) in [5.41, 5.74) is -5.86. The molecule has 0 spiro atoms. The van der Waals surface area contributed by atoms with E-state index in [9.17, 15) is 44.7 Å². The van der Waals surface area contributed by atoms with Gasteiger partial charge in [-0.1, -0.05) is 0 Å². The Morgan fingerprint density at radius 3 is 2.38 bits per heavy atom. The maximum absolute atomic E-state index is 14.9. The third-order valence-corrected chi connectivity index (χ3v) is 6.75. The molecule has 0 bridgehead atoms. The molecule has 1 heterocycles. The highest BCUT2D eigenvalue weighted by Gasteiger charge is 2.39. The molecule has 0 aromatic heterocycles. The lowest BCUT2D eigenvalue weighted by atomic mass is 10.1. The van der Waals surface area contributed by atoms with Crippen LogP contribution in [0.15, 0.2) is 35.2 Å². The van der Waals surface area contributed by atoms with Gasteiger partial charge in [-0.2, -0.15) is 13.2 Å². The lowest BCUT2D eigenvalue weighted by molar-refractivity contribution is -0.139. The summed E-state index contributed by atoms with van der Waals surface area (Å²) in [5, 5.41) is 11.9. The molecule has 1 amide bonds. The zero-order valence-corrected chi connectivity index (χ0v) is 16.7. The number of ether oxygens (including phenoxy) is 1. The number of alkyl halides is 3. The number of carbonyl (C=O) groups excluding carboxylic acids is 1. The van der Waals surface area contributed by atoms with E-state index >= 15 is 0 Å². The van der Waals surface area contributed by atoms with Gasteiger partial charge < -0.3 is 15.2 Å². The van der Waals surface area contributed by atoms with Crippen LogP contribution in [0.5, 0.6) is 0 Å². The number of amides is 1. The molecule has 1 fully saturated rings. The molecule has 2 aromatic rings. The second-order valence-corrected chi connectivity index (χ2v) is 8.95. The summed E-state index contributed by atoms with van der Waals surface area (Å²) in [6, 6.07) is 2.33. The van der Waals surface area contributed by atoms with Gasteiger partial charge in [0.2, 0.25) is 9.84 Å². The fourth-order valence-corrected chi connectivity index (χ4v) is 4.73. The number of sulfone groups is 1. The summed E-state index contributed by atoms with van der Waals surface area (Å²) in [4.78, 5) is 11.2. The van der Waals surface area contributed by atoms with Gasteiger partial charge >= 0.3 is 6.18 Å². The second-order valence-electron chi connectivity index (χ2n) is 6.94. The van der Waals surface area contributed by atoms with Crippen molar-refractivity contribution in [1.82, 2.24) is 0 Å². The Hall–Kier alpha value is -2.64. The minimum atomic E-state index is -5.10. The number of anilines is 1. The monoisotopic (exact) mass is 483 g/mol. The van der Waals surface area contributed by atoms with Crippen molar-refractivity contribution >= 4 is 21.4 Å². The average Bonchev–Trinajstić information content (AvgIpc) is 3.22. The number of nitrogens with one attached hydrogen (secondary N) is 1. The third kappa shape index (κ3) is 4.59. The zero-order chi connectivity index (χ0) is 23.8. The molecule has 1 aliphatic heterocycles. The van der Waals surface area contributed by atoms with E-state index in [1.807, 2.05) is 0 Å². The van der Waals surface area contributed by atoms with Crippen molar-refractivity contribution in [2.45, 2.75) is 22.9 Å². The van der Waals surface area contributed by atoms with E-state index in [4.69, 9.17) is 4.74 Å². The number of rotatable bonds is 5. The normalized spacial score (nSPS) is 17.9. The van der Waals surface area contributed by atoms with E-state index in [0.29, 0.717) is 18.2 Å². The quantitative estimate of drug-likeness (QED) is 0.502. The van der Waals surface area contributed by atoms with Crippen molar-refractivity contribution in [3.63, 3.8) is 0 Å². The largest absolute Gasteiger partial charge is 0.419 e. The zero-order valence-electron chi connectivity index (χ0n) is 15.9. The van der Waals surface area contributed by atoms with Gasteiger partial charge in [0.15, 0.2) is 11.3 Å². The Morgan fingerprint density at radius 2 is 1.78 bits per heavy atom. The maximum atomic E-state index is 14.9. The van der Waals surface area contributed by atoms with Crippen molar-refractivity contribution < 1.29 is 49.4 Å². The molecule has 0 saturated carbocycles. The lowest BCUT2D eigenvalue weighted by Gasteiger charge is -2.18. The van der Waals surface area contributed by atoms with Crippen molar-refractivity contribution in [3.05, 3.63) is 58.9 Å². The van der Waals surface area contributed by atoms with Gasteiger partial charge in [-0.25, -0.2) is 21.6 Å². The number of halogens is 6. The molecule has 2 N–H and O–H groups in total. The van der Waals surface area contributed by atoms with Crippen molar-refractivity contribution in [3.8, 4) is 0 Å². The highest BCUT2D eigenvalue weighted by Crippen LogP contribution is 2.34.